The molecule has 36 heavy (non-hydrogen) atoms. The molecule has 1 atom stereocenters. The number of hydrogen-bond acceptors (Lipinski definition) is 2. The number of amides is 2. The zero-order chi connectivity index (χ0) is 25.2. The molecule has 0 bridgehead atoms. The van der Waals surface area contributed by atoms with Gasteiger partial charge in [0.15, 0.2) is 0 Å². The molecule has 0 saturated carbocycles. The van der Waals surface area contributed by atoms with Crippen LogP contribution in [0.4, 0.5) is 0 Å². The molecule has 2 amide bonds. The highest BCUT2D eigenvalue weighted by Gasteiger charge is 2.22. The first kappa shape index (κ1) is 25.2. The smallest absolute Gasteiger partial charge is 0.251 e. The topological polar surface area (TPSA) is 58.2 Å². The van der Waals surface area contributed by atoms with E-state index in [0.717, 1.165) is 29.5 Å². The molecule has 0 aliphatic rings. The third kappa shape index (κ3) is 7.30. The maximum absolute atomic E-state index is 13.1. The summed E-state index contributed by atoms with van der Waals surface area (Å²) in [5, 5.41) is 6.55. The molecule has 4 rings (SSSR count). The summed E-state index contributed by atoms with van der Waals surface area (Å²) in [6, 6.07) is 34.2. The molecule has 0 aliphatic carbocycles. The third-order valence-electron chi connectivity index (χ3n) is 6.01. The Morgan fingerprint density at radius 1 is 0.694 bits per heavy atom. The highest BCUT2D eigenvalue weighted by atomic mass is 35.5. The number of nitrogens with one attached hydrogen (secondary N) is 2. The van der Waals surface area contributed by atoms with E-state index >= 15 is 0 Å². The van der Waals surface area contributed by atoms with E-state index in [1.807, 2.05) is 72.8 Å². The van der Waals surface area contributed by atoms with Crippen LogP contribution in [0.1, 0.15) is 27.9 Å². The molecule has 1 unspecified atom stereocenters. The van der Waals surface area contributed by atoms with Gasteiger partial charge in [-0.15, -0.1) is 0 Å². The Morgan fingerprint density at radius 3 is 1.97 bits per heavy atom. The molecule has 0 aromatic heterocycles. The molecule has 4 aromatic rings. The highest BCUT2D eigenvalue weighted by Crippen LogP contribution is 2.19. The first-order chi connectivity index (χ1) is 17.6. The molecule has 0 saturated heterocycles. The van der Waals surface area contributed by atoms with Crippen LogP contribution in [0.3, 0.4) is 0 Å². The van der Waals surface area contributed by atoms with E-state index in [4.69, 9.17) is 11.6 Å². The summed E-state index contributed by atoms with van der Waals surface area (Å²) in [6.07, 6.45) is 2.07. The van der Waals surface area contributed by atoms with Crippen LogP contribution in [-0.2, 0) is 17.6 Å². The molecule has 4 aromatic carbocycles. The number of carbonyl (C=O) groups is 2. The predicted molar refractivity (Wildman–Crippen MR) is 146 cm³/mol. The number of benzene rings is 4. The molecule has 2 N–H and O–H groups in total. The van der Waals surface area contributed by atoms with Crippen molar-refractivity contribution >= 4 is 23.4 Å². The number of carbonyl (C=O) groups excluding carboxylic acids is 2. The molecule has 0 fully saturated rings. The zero-order valence-corrected chi connectivity index (χ0v) is 20.7. The second kappa shape index (κ2) is 12.7. The van der Waals surface area contributed by atoms with Crippen molar-refractivity contribution in [2.75, 3.05) is 6.54 Å². The molecular formula is C31H29ClN2O2. The van der Waals surface area contributed by atoms with E-state index in [2.05, 4.69) is 22.8 Å². The van der Waals surface area contributed by atoms with Crippen LogP contribution in [-0.4, -0.2) is 24.4 Å². The summed E-state index contributed by atoms with van der Waals surface area (Å²) in [5.74, 6) is -0.486. The lowest BCUT2D eigenvalue weighted by molar-refractivity contribution is -0.122. The van der Waals surface area contributed by atoms with Gasteiger partial charge in [0.2, 0.25) is 5.91 Å². The van der Waals surface area contributed by atoms with E-state index in [1.54, 1.807) is 24.3 Å². The molecular weight excluding hydrogens is 468 g/mol. The Kier molecular flexibility index (Phi) is 8.90. The van der Waals surface area contributed by atoms with E-state index < -0.39 is 6.04 Å². The van der Waals surface area contributed by atoms with Gasteiger partial charge in [-0.3, -0.25) is 9.59 Å². The highest BCUT2D eigenvalue weighted by molar-refractivity contribution is 6.30. The summed E-state index contributed by atoms with van der Waals surface area (Å²) in [6.45, 7) is 0.534. The monoisotopic (exact) mass is 496 g/mol. The standard InChI is InChI=1S/C31H29ClN2O2/c32-28-19-13-24(14-20-28)22-29(31(36)33-21-7-10-23-8-3-1-4-9-23)34-30(35)27-17-15-26(16-18-27)25-11-5-2-6-12-25/h1-6,8-9,11-20,29H,7,10,21-22H2,(H,33,36)(H,34,35). The van der Waals surface area contributed by atoms with Crippen molar-refractivity contribution < 1.29 is 9.59 Å². The summed E-state index contributed by atoms with van der Waals surface area (Å²) < 4.78 is 0. The van der Waals surface area contributed by atoms with Gasteiger partial charge in [-0.25, -0.2) is 0 Å². The van der Waals surface area contributed by atoms with Gasteiger partial charge in [0, 0.05) is 23.6 Å². The van der Waals surface area contributed by atoms with E-state index in [1.165, 1.54) is 5.56 Å². The van der Waals surface area contributed by atoms with Crippen LogP contribution < -0.4 is 10.6 Å². The van der Waals surface area contributed by atoms with Gasteiger partial charge < -0.3 is 10.6 Å². The second-order valence-corrected chi connectivity index (χ2v) is 9.12. The first-order valence-electron chi connectivity index (χ1n) is 12.1. The van der Waals surface area contributed by atoms with Crippen molar-refractivity contribution in [3.8, 4) is 11.1 Å². The van der Waals surface area contributed by atoms with Gasteiger partial charge in [-0.2, -0.15) is 0 Å². The van der Waals surface area contributed by atoms with Crippen molar-refractivity contribution in [1.82, 2.24) is 10.6 Å². The summed E-state index contributed by atoms with van der Waals surface area (Å²) in [7, 11) is 0. The van der Waals surface area contributed by atoms with Crippen LogP contribution >= 0.6 is 11.6 Å². The molecule has 0 radical (unpaired) electrons. The maximum atomic E-state index is 13.1. The van der Waals surface area contributed by atoms with Crippen molar-refractivity contribution in [2.45, 2.75) is 25.3 Å². The minimum absolute atomic E-state index is 0.202. The lowest BCUT2D eigenvalue weighted by atomic mass is 10.0. The Balaban J connectivity index is 1.40. The van der Waals surface area contributed by atoms with Gasteiger partial charge in [-0.05, 0) is 59.4 Å². The summed E-state index contributed by atoms with van der Waals surface area (Å²) >= 11 is 6.02. The quantitative estimate of drug-likeness (QED) is 0.261. The molecule has 4 nitrogen and oxygen atoms in total. The maximum Gasteiger partial charge on any atom is 0.251 e. The minimum Gasteiger partial charge on any atom is -0.354 e. The molecule has 5 heteroatoms. The fourth-order valence-electron chi connectivity index (χ4n) is 4.02. The first-order valence-corrected chi connectivity index (χ1v) is 12.5. The number of rotatable bonds is 10. The average Bonchev–Trinajstić information content (AvgIpc) is 2.93. The molecule has 0 spiro atoms. The van der Waals surface area contributed by atoms with Gasteiger partial charge in [0.05, 0.1) is 0 Å². The summed E-state index contributed by atoms with van der Waals surface area (Å²) in [4.78, 5) is 26.1. The largest absolute Gasteiger partial charge is 0.354 e. The Bertz CT molecular complexity index is 1260. The van der Waals surface area contributed by atoms with Gasteiger partial charge in [0.25, 0.3) is 5.91 Å². The Labute approximate surface area is 217 Å². The fraction of sp³-hybridized carbons (Fsp3) is 0.161. The third-order valence-corrected chi connectivity index (χ3v) is 6.27. The SMILES string of the molecule is O=C(NC(Cc1ccc(Cl)cc1)C(=O)NCCCc1ccccc1)c1ccc(-c2ccccc2)cc1. The molecule has 0 heterocycles. The van der Waals surface area contributed by atoms with Crippen LogP contribution in [0.15, 0.2) is 109 Å². The van der Waals surface area contributed by atoms with E-state index in [9.17, 15) is 9.59 Å². The van der Waals surface area contributed by atoms with Crippen molar-refractivity contribution in [3.63, 3.8) is 0 Å². The zero-order valence-electron chi connectivity index (χ0n) is 20.0. The average molecular weight is 497 g/mol. The Morgan fingerprint density at radius 2 is 1.31 bits per heavy atom. The van der Waals surface area contributed by atoms with Crippen LogP contribution in [0, 0.1) is 0 Å². The number of hydrogen-bond donors (Lipinski definition) is 2. The number of halogens is 1. The van der Waals surface area contributed by atoms with Crippen LogP contribution in [0.5, 0.6) is 0 Å². The van der Waals surface area contributed by atoms with E-state index in [0.29, 0.717) is 23.6 Å². The minimum atomic E-state index is -0.704. The lowest BCUT2D eigenvalue weighted by Crippen LogP contribution is -2.48. The fourth-order valence-corrected chi connectivity index (χ4v) is 4.15. The van der Waals surface area contributed by atoms with Crippen LogP contribution in [0.25, 0.3) is 11.1 Å². The van der Waals surface area contributed by atoms with Crippen molar-refractivity contribution in [1.29, 1.82) is 0 Å². The van der Waals surface area contributed by atoms with Gasteiger partial charge in [-0.1, -0.05) is 96.5 Å². The van der Waals surface area contributed by atoms with Crippen LogP contribution in [0.2, 0.25) is 5.02 Å². The lowest BCUT2D eigenvalue weighted by Gasteiger charge is -2.19. The predicted octanol–water partition coefficient (Wildman–Crippen LogP) is 6.10. The van der Waals surface area contributed by atoms with Crippen molar-refractivity contribution in [3.05, 3.63) is 131 Å². The van der Waals surface area contributed by atoms with E-state index in [-0.39, 0.29) is 11.8 Å². The van der Waals surface area contributed by atoms with Crippen molar-refractivity contribution in [2.24, 2.45) is 0 Å². The number of aryl methyl sites for hydroxylation is 1. The van der Waals surface area contributed by atoms with Gasteiger partial charge in [0.1, 0.15) is 6.04 Å². The van der Waals surface area contributed by atoms with Gasteiger partial charge >= 0.3 is 0 Å². The molecule has 182 valence electrons. The summed E-state index contributed by atoms with van der Waals surface area (Å²) in [5.41, 5.74) is 4.77. The Hall–Kier alpha value is -3.89. The normalized spacial score (nSPS) is 11.5. The second-order valence-electron chi connectivity index (χ2n) is 8.68. The molecule has 0 aliphatic heterocycles.